The molecule has 0 bridgehead atoms. The lowest BCUT2D eigenvalue weighted by molar-refractivity contribution is -0.117. The molecule has 0 unspecified atom stereocenters. The SMILES string of the molecule is NC(=O)Cc1cc(-n2cccn2)nc(C=O)n1. The molecular weight excluding hydrogens is 222 g/mol. The lowest BCUT2D eigenvalue weighted by Gasteiger charge is -2.03. The molecule has 0 radical (unpaired) electrons. The van der Waals surface area contributed by atoms with Crippen LogP contribution in [-0.2, 0) is 11.2 Å². The number of hydrogen-bond donors (Lipinski definition) is 1. The highest BCUT2D eigenvalue weighted by atomic mass is 16.1. The van der Waals surface area contributed by atoms with Crippen molar-refractivity contribution in [2.24, 2.45) is 5.73 Å². The van der Waals surface area contributed by atoms with Crippen LogP contribution in [0.4, 0.5) is 0 Å². The van der Waals surface area contributed by atoms with Crippen LogP contribution in [0.5, 0.6) is 0 Å². The predicted octanol–water partition coefficient (Wildman–Crippen LogP) is -0.497. The maximum Gasteiger partial charge on any atom is 0.223 e. The van der Waals surface area contributed by atoms with Crippen molar-refractivity contribution in [3.05, 3.63) is 36.0 Å². The Morgan fingerprint density at radius 2 is 2.29 bits per heavy atom. The van der Waals surface area contributed by atoms with Crippen LogP contribution in [0.15, 0.2) is 24.5 Å². The molecule has 0 fully saturated rings. The molecule has 7 heteroatoms. The third kappa shape index (κ3) is 2.51. The lowest BCUT2D eigenvalue weighted by atomic mass is 10.3. The summed E-state index contributed by atoms with van der Waals surface area (Å²) < 4.78 is 1.47. The molecule has 0 atom stereocenters. The second kappa shape index (κ2) is 4.52. The molecule has 0 saturated carbocycles. The van der Waals surface area contributed by atoms with E-state index in [0.717, 1.165) is 0 Å². The largest absolute Gasteiger partial charge is 0.369 e. The van der Waals surface area contributed by atoms with Gasteiger partial charge in [0.2, 0.25) is 5.91 Å². The number of aldehydes is 1. The van der Waals surface area contributed by atoms with Gasteiger partial charge in [0.25, 0.3) is 0 Å². The zero-order valence-electron chi connectivity index (χ0n) is 8.78. The molecule has 0 saturated heterocycles. The normalized spacial score (nSPS) is 10.1. The van der Waals surface area contributed by atoms with Crippen molar-refractivity contribution in [2.75, 3.05) is 0 Å². The topological polar surface area (TPSA) is 104 Å². The first-order valence-corrected chi connectivity index (χ1v) is 4.80. The van der Waals surface area contributed by atoms with Crippen molar-refractivity contribution in [2.45, 2.75) is 6.42 Å². The summed E-state index contributed by atoms with van der Waals surface area (Å²) >= 11 is 0. The predicted molar refractivity (Wildman–Crippen MR) is 57.4 cm³/mol. The number of amides is 1. The van der Waals surface area contributed by atoms with Gasteiger partial charge in [-0.3, -0.25) is 9.59 Å². The van der Waals surface area contributed by atoms with Gasteiger partial charge < -0.3 is 5.73 Å². The number of primary amides is 1. The summed E-state index contributed by atoms with van der Waals surface area (Å²) in [4.78, 5) is 29.4. The summed E-state index contributed by atoms with van der Waals surface area (Å²) in [6.07, 6.45) is 3.72. The molecule has 2 heterocycles. The Morgan fingerprint density at radius 1 is 1.47 bits per heavy atom. The first-order chi connectivity index (χ1) is 8.19. The van der Waals surface area contributed by atoms with Gasteiger partial charge in [-0.25, -0.2) is 14.6 Å². The van der Waals surface area contributed by atoms with Gasteiger partial charge in [0.15, 0.2) is 17.9 Å². The molecule has 2 N–H and O–H groups in total. The molecule has 0 aliphatic heterocycles. The minimum atomic E-state index is -0.521. The van der Waals surface area contributed by atoms with E-state index < -0.39 is 5.91 Å². The molecule has 2 rings (SSSR count). The van der Waals surface area contributed by atoms with E-state index in [1.165, 1.54) is 4.68 Å². The number of carbonyl (C=O) groups excluding carboxylic acids is 2. The molecule has 0 aliphatic rings. The summed E-state index contributed by atoms with van der Waals surface area (Å²) in [5.74, 6) is -0.107. The second-order valence-electron chi connectivity index (χ2n) is 3.29. The Hall–Kier alpha value is -2.57. The van der Waals surface area contributed by atoms with E-state index in [-0.39, 0.29) is 12.2 Å². The fraction of sp³-hybridized carbons (Fsp3) is 0.100. The third-order valence-electron chi connectivity index (χ3n) is 1.98. The Balaban J connectivity index is 2.45. The van der Waals surface area contributed by atoms with E-state index in [1.54, 1.807) is 24.5 Å². The van der Waals surface area contributed by atoms with Gasteiger partial charge in [0.1, 0.15) is 0 Å². The Morgan fingerprint density at radius 3 is 2.88 bits per heavy atom. The number of rotatable bonds is 4. The standard InChI is InChI=1S/C10H9N5O2/c11-8(17)4-7-5-10(14-9(6-16)13-7)15-3-1-2-12-15/h1-3,5-6H,4H2,(H2,11,17). The number of nitrogens with two attached hydrogens (primary N) is 1. The average Bonchev–Trinajstić information content (AvgIpc) is 2.81. The highest BCUT2D eigenvalue weighted by Crippen LogP contribution is 2.06. The molecule has 86 valence electrons. The van der Waals surface area contributed by atoms with Crippen molar-refractivity contribution in [1.29, 1.82) is 0 Å². The summed E-state index contributed by atoms with van der Waals surface area (Å²) in [5.41, 5.74) is 5.46. The minimum absolute atomic E-state index is 0.00532. The summed E-state index contributed by atoms with van der Waals surface area (Å²) in [5, 5.41) is 3.98. The van der Waals surface area contributed by atoms with Crippen molar-refractivity contribution < 1.29 is 9.59 Å². The summed E-state index contributed by atoms with van der Waals surface area (Å²) in [6.45, 7) is 0. The molecule has 0 aromatic carbocycles. The van der Waals surface area contributed by atoms with Crippen molar-refractivity contribution in [1.82, 2.24) is 19.7 Å². The average molecular weight is 231 g/mol. The van der Waals surface area contributed by atoms with Crippen LogP contribution in [0, 0.1) is 0 Å². The highest BCUT2D eigenvalue weighted by molar-refractivity contribution is 5.76. The van der Waals surface area contributed by atoms with Gasteiger partial charge in [-0.1, -0.05) is 0 Å². The van der Waals surface area contributed by atoms with E-state index in [4.69, 9.17) is 5.73 Å². The fourth-order valence-electron chi connectivity index (χ4n) is 1.35. The molecule has 2 aromatic heterocycles. The van der Waals surface area contributed by atoms with Crippen LogP contribution < -0.4 is 5.73 Å². The van der Waals surface area contributed by atoms with Crippen molar-refractivity contribution in [3.8, 4) is 5.82 Å². The summed E-state index contributed by atoms with van der Waals surface area (Å²) in [6, 6.07) is 3.28. The maximum absolute atomic E-state index is 10.8. The van der Waals surface area contributed by atoms with E-state index in [2.05, 4.69) is 15.1 Å². The fourth-order valence-corrected chi connectivity index (χ4v) is 1.35. The zero-order chi connectivity index (χ0) is 12.3. The number of carbonyl (C=O) groups is 2. The van der Waals surface area contributed by atoms with Crippen LogP contribution >= 0.6 is 0 Å². The minimum Gasteiger partial charge on any atom is -0.369 e. The van der Waals surface area contributed by atoms with Gasteiger partial charge in [-0.15, -0.1) is 0 Å². The van der Waals surface area contributed by atoms with Crippen molar-refractivity contribution in [3.63, 3.8) is 0 Å². The molecule has 2 aromatic rings. The quantitative estimate of drug-likeness (QED) is 0.714. The third-order valence-corrected chi connectivity index (χ3v) is 1.98. The Bertz CT molecular complexity index is 550. The van der Waals surface area contributed by atoms with Gasteiger partial charge in [-0.2, -0.15) is 5.10 Å². The monoisotopic (exact) mass is 231 g/mol. The van der Waals surface area contributed by atoms with E-state index >= 15 is 0 Å². The molecular formula is C10H9N5O2. The first-order valence-electron chi connectivity index (χ1n) is 4.80. The van der Waals surface area contributed by atoms with Crippen LogP contribution in [0.1, 0.15) is 16.3 Å². The van der Waals surface area contributed by atoms with Crippen LogP contribution in [-0.4, -0.2) is 31.9 Å². The molecule has 0 aliphatic carbocycles. The van der Waals surface area contributed by atoms with Crippen molar-refractivity contribution >= 4 is 12.2 Å². The Kier molecular flexibility index (Phi) is 2.91. The van der Waals surface area contributed by atoms with Crippen LogP contribution in [0.2, 0.25) is 0 Å². The lowest BCUT2D eigenvalue weighted by Crippen LogP contribution is -2.16. The van der Waals surface area contributed by atoms with E-state index in [0.29, 0.717) is 17.8 Å². The first kappa shape index (κ1) is 10.9. The van der Waals surface area contributed by atoms with E-state index in [1.807, 2.05) is 0 Å². The zero-order valence-corrected chi connectivity index (χ0v) is 8.78. The molecule has 0 spiro atoms. The molecule has 7 nitrogen and oxygen atoms in total. The van der Waals surface area contributed by atoms with Gasteiger partial charge in [0.05, 0.1) is 12.1 Å². The molecule has 17 heavy (non-hydrogen) atoms. The smallest absolute Gasteiger partial charge is 0.223 e. The maximum atomic E-state index is 10.8. The highest BCUT2D eigenvalue weighted by Gasteiger charge is 2.08. The number of aromatic nitrogens is 4. The number of nitrogens with zero attached hydrogens (tertiary/aromatic N) is 4. The van der Waals surface area contributed by atoms with Gasteiger partial charge in [-0.05, 0) is 6.07 Å². The van der Waals surface area contributed by atoms with Gasteiger partial charge >= 0.3 is 0 Å². The van der Waals surface area contributed by atoms with Gasteiger partial charge in [0, 0.05) is 18.5 Å². The number of hydrogen-bond acceptors (Lipinski definition) is 5. The Labute approximate surface area is 96.3 Å². The second-order valence-corrected chi connectivity index (χ2v) is 3.29. The van der Waals surface area contributed by atoms with Crippen LogP contribution in [0.3, 0.4) is 0 Å². The van der Waals surface area contributed by atoms with Crippen LogP contribution in [0.25, 0.3) is 5.82 Å². The van der Waals surface area contributed by atoms with E-state index in [9.17, 15) is 9.59 Å². The summed E-state index contributed by atoms with van der Waals surface area (Å²) in [7, 11) is 0. The molecule has 1 amide bonds.